The van der Waals surface area contributed by atoms with Crippen molar-refractivity contribution < 1.29 is 0 Å². The minimum absolute atomic E-state index is 0.682. The Morgan fingerprint density at radius 3 is 1.71 bits per heavy atom. The van der Waals surface area contributed by atoms with Crippen molar-refractivity contribution in [2.45, 2.75) is 0 Å². The molecule has 12 rings (SSSR count). The molecule has 0 saturated heterocycles. The zero-order valence-corrected chi connectivity index (χ0v) is 34.3. The molecule has 0 fully saturated rings. The summed E-state index contributed by atoms with van der Waals surface area (Å²) in [7, 11) is 0. The van der Waals surface area contributed by atoms with Gasteiger partial charge in [0.1, 0.15) is 5.69 Å². The minimum atomic E-state index is 0.682. The van der Waals surface area contributed by atoms with E-state index in [1.165, 1.54) is 31.1 Å². The van der Waals surface area contributed by atoms with Crippen LogP contribution in [0.3, 0.4) is 0 Å². The predicted molar refractivity (Wildman–Crippen MR) is 259 cm³/mol. The highest BCUT2D eigenvalue weighted by molar-refractivity contribution is 7.25. The highest BCUT2D eigenvalue weighted by atomic mass is 32.1. The van der Waals surface area contributed by atoms with E-state index >= 15 is 0 Å². The highest BCUT2D eigenvalue weighted by Crippen LogP contribution is 2.43. The van der Waals surface area contributed by atoms with Crippen molar-refractivity contribution in [3.8, 4) is 78.7 Å². The first kappa shape index (κ1) is 35.9. The molecule has 0 N–H and O–H groups in total. The van der Waals surface area contributed by atoms with E-state index in [0.717, 1.165) is 78.2 Å². The van der Waals surface area contributed by atoms with Crippen molar-refractivity contribution in [3.63, 3.8) is 0 Å². The maximum absolute atomic E-state index is 5.45. The summed E-state index contributed by atoms with van der Waals surface area (Å²) < 4.78 is 4.72. The molecule has 8 aromatic carbocycles. The Kier molecular flexibility index (Phi) is 8.65. The van der Waals surface area contributed by atoms with Crippen LogP contribution in [-0.2, 0) is 0 Å². The van der Waals surface area contributed by atoms with E-state index in [2.05, 4.69) is 217 Å². The molecule has 0 aliphatic rings. The summed E-state index contributed by atoms with van der Waals surface area (Å²) in [5.74, 6) is 0.682. The average Bonchev–Trinajstić information content (AvgIpc) is 3.95. The lowest BCUT2D eigenvalue weighted by Gasteiger charge is -2.12. The summed E-state index contributed by atoms with van der Waals surface area (Å²) in [6.07, 6.45) is 0. The summed E-state index contributed by atoms with van der Waals surface area (Å²) in [6.45, 7) is 0. The normalized spacial score (nSPS) is 11.5. The van der Waals surface area contributed by atoms with Crippen LogP contribution in [0.1, 0.15) is 0 Å². The molecule has 4 aromatic heterocycles. The Morgan fingerprint density at radius 2 is 0.952 bits per heavy atom. The number of nitrogens with zero attached hydrogens (tertiary/aromatic N) is 4. The number of hydrogen-bond donors (Lipinski definition) is 0. The molecule has 0 bridgehead atoms. The molecule has 290 valence electrons. The van der Waals surface area contributed by atoms with E-state index in [-0.39, 0.29) is 0 Å². The van der Waals surface area contributed by atoms with Crippen LogP contribution in [0.15, 0.2) is 218 Å². The molecule has 0 unspecified atom stereocenters. The van der Waals surface area contributed by atoms with Crippen LogP contribution < -0.4 is 0 Å². The number of aromatic nitrogens is 4. The second kappa shape index (κ2) is 14.9. The molecular weight excluding hydrogens is 773 g/mol. The quantitative estimate of drug-likeness (QED) is 0.161. The molecule has 0 aliphatic carbocycles. The van der Waals surface area contributed by atoms with Crippen LogP contribution in [0.4, 0.5) is 0 Å². The van der Waals surface area contributed by atoms with E-state index in [1.54, 1.807) is 0 Å². The fourth-order valence-corrected chi connectivity index (χ4v) is 10.0. The molecule has 4 nitrogen and oxygen atoms in total. The highest BCUT2D eigenvalue weighted by Gasteiger charge is 2.22. The lowest BCUT2D eigenvalue weighted by atomic mass is 9.96. The van der Waals surface area contributed by atoms with E-state index < -0.39 is 0 Å². The van der Waals surface area contributed by atoms with Crippen molar-refractivity contribution in [2.75, 3.05) is 0 Å². The van der Waals surface area contributed by atoms with Crippen molar-refractivity contribution in [2.24, 2.45) is 0 Å². The predicted octanol–water partition coefficient (Wildman–Crippen LogP) is 15.3. The van der Waals surface area contributed by atoms with Crippen molar-refractivity contribution in [1.82, 2.24) is 19.6 Å². The number of fused-ring (bicyclic) bond motifs is 6. The molecular formula is C57H36N4S. The first-order valence-electron chi connectivity index (χ1n) is 20.9. The van der Waals surface area contributed by atoms with Crippen molar-refractivity contribution >= 4 is 47.8 Å². The third-order valence-electron chi connectivity index (χ3n) is 11.8. The molecule has 12 aromatic rings. The summed E-state index contributed by atoms with van der Waals surface area (Å²) in [5, 5.41) is 10.4. The van der Waals surface area contributed by atoms with Gasteiger partial charge in [-0.3, -0.25) is 0 Å². The lowest BCUT2D eigenvalue weighted by molar-refractivity contribution is 0.979. The molecule has 0 atom stereocenters. The van der Waals surface area contributed by atoms with Gasteiger partial charge in [0.2, 0.25) is 0 Å². The Labute approximate surface area is 362 Å². The fourth-order valence-electron chi connectivity index (χ4n) is 8.90. The molecule has 0 spiro atoms. The second-order valence-electron chi connectivity index (χ2n) is 15.6. The van der Waals surface area contributed by atoms with Gasteiger partial charge in [0.05, 0.1) is 22.6 Å². The average molecular weight is 809 g/mol. The van der Waals surface area contributed by atoms with Crippen LogP contribution in [0.5, 0.6) is 0 Å². The van der Waals surface area contributed by atoms with Crippen LogP contribution in [0, 0.1) is 0 Å². The van der Waals surface area contributed by atoms with Gasteiger partial charge in [0.25, 0.3) is 0 Å². The third kappa shape index (κ3) is 6.18. The molecule has 5 heteroatoms. The zero-order valence-electron chi connectivity index (χ0n) is 33.5. The van der Waals surface area contributed by atoms with Crippen LogP contribution >= 0.6 is 11.3 Å². The monoisotopic (exact) mass is 808 g/mol. The summed E-state index contributed by atoms with van der Waals surface area (Å²) in [6, 6.07) is 77.2. The second-order valence-corrected chi connectivity index (χ2v) is 16.7. The van der Waals surface area contributed by atoms with Gasteiger partial charge in [0, 0.05) is 58.9 Å². The number of hydrogen-bond acceptors (Lipinski definition) is 4. The lowest BCUT2D eigenvalue weighted by Crippen LogP contribution is -1.96. The SMILES string of the molecule is c1ccc(-c2cc(-c3ccc(-c4nn5c(-c6ccccc6)cc6ccccc6c5c4-c4ccccc4)cc3)nc(-c3cccc(-c4cccc5sc6ccccc6c45)c3)n2)cc1. The van der Waals surface area contributed by atoms with Gasteiger partial charge in [-0.15, -0.1) is 11.3 Å². The van der Waals surface area contributed by atoms with E-state index in [0.29, 0.717) is 5.82 Å². The van der Waals surface area contributed by atoms with Gasteiger partial charge in [-0.2, -0.15) is 5.10 Å². The molecule has 62 heavy (non-hydrogen) atoms. The number of benzene rings is 8. The van der Waals surface area contributed by atoms with Gasteiger partial charge in [-0.05, 0) is 52.4 Å². The zero-order chi connectivity index (χ0) is 41.0. The largest absolute Gasteiger partial charge is 0.231 e. The summed E-state index contributed by atoms with van der Waals surface area (Å²) in [4.78, 5) is 10.5. The first-order chi connectivity index (χ1) is 30.7. The molecule has 0 saturated carbocycles. The first-order valence-corrected chi connectivity index (χ1v) is 21.7. The molecule has 0 aliphatic heterocycles. The smallest absolute Gasteiger partial charge is 0.160 e. The van der Waals surface area contributed by atoms with E-state index in [9.17, 15) is 0 Å². The molecule has 0 amide bonds. The summed E-state index contributed by atoms with van der Waals surface area (Å²) >= 11 is 1.84. The standard InChI is InChI=1S/C57H36N4S/c1-4-16-37(17-5-1)48-36-49(59-57(58-48)44-24-14-23-42(34-44)45-27-15-29-52-54(45)47-26-12-13-28-51(47)62-52)38-30-32-41(33-31-38)55-53(40-20-8-3-9-21-40)56-46-25-11-10-22-43(46)35-50(61(56)60-55)39-18-6-2-7-19-39/h1-36H. The van der Waals surface area contributed by atoms with Gasteiger partial charge >= 0.3 is 0 Å². The van der Waals surface area contributed by atoms with Gasteiger partial charge in [-0.1, -0.05) is 188 Å². The van der Waals surface area contributed by atoms with Crippen molar-refractivity contribution in [3.05, 3.63) is 218 Å². The number of thiophene rings is 1. The maximum atomic E-state index is 5.45. The molecule has 4 heterocycles. The third-order valence-corrected chi connectivity index (χ3v) is 13.0. The Balaban J connectivity index is 1.00. The van der Waals surface area contributed by atoms with Crippen LogP contribution in [-0.4, -0.2) is 19.6 Å². The van der Waals surface area contributed by atoms with Crippen LogP contribution in [0.25, 0.3) is 115 Å². The Hall–Kier alpha value is -7.99. The fraction of sp³-hybridized carbons (Fsp3) is 0. The van der Waals surface area contributed by atoms with E-state index in [4.69, 9.17) is 15.1 Å². The minimum Gasteiger partial charge on any atom is -0.231 e. The van der Waals surface area contributed by atoms with Crippen molar-refractivity contribution in [1.29, 1.82) is 0 Å². The van der Waals surface area contributed by atoms with Gasteiger partial charge in [-0.25, -0.2) is 14.5 Å². The van der Waals surface area contributed by atoms with Gasteiger partial charge < -0.3 is 0 Å². The molecule has 0 radical (unpaired) electrons. The Bertz CT molecular complexity index is 3610. The number of rotatable bonds is 7. The Morgan fingerprint density at radius 1 is 0.387 bits per heavy atom. The summed E-state index contributed by atoms with van der Waals surface area (Å²) in [5.41, 5.74) is 14.5. The van der Waals surface area contributed by atoms with Crippen LogP contribution in [0.2, 0.25) is 0 Å². The maximum Gasteiger partial charge on any atom is 0.160 e. The number of pyridine rings is 1. The topological polar surface area (TPSA) is 43.1 Å². The van der Waals surface area contributed by atoms with Gasteiger partial charge in [0.15, 0.2) is 5.82 Å². The van der Waals surface area contributed by atoms with E-state index in [1.807, 2.05) is 17.4 Å².